The fraction of sp³-hybridized carbons (Fsp3) is 0.692. The zero-order valence-electron chi connectivity index (χ0n) is 11.3. The second-order valence-electron chi connectivity index (χ2n) is 4.56. The Kier molecular flexibility index (Phi) is 5.35. The molecule has 1 aromatic rings. The third kappa shape index (κ3) is 3.66. The molecule has 0 aliphatic carbocycles. The van der Waals surface area contributed by atoms with Crippen LogP contribution in [-0.2, 0) is 13.1 Å². The van der Waals surface area contributed by atoms with Gasteiger partial charge in [-0.05, 0) is 24.9 Å². The van der Waals surface area contributed by atoms with Crippen LogP contribution in [0.2, 0.25) is 0 Å². The number of aryl methyl sites for hydroxylation is 1. The Balaban J connectivity index is 3.13. The van der Waals surface area contributed by atoms with E-state index in [1.54, 1.807) is 4.68 Å². The Labute approximate surface area is 103 Å². The van der Waals surface area contributed by atoms with Crippen molar-refractivity contribution < 1.29 is 0 Å². The van der Waals surface area contributed by atoms with Crippen molar-refractivity contribution in [3.63, 3.8) is 0 Å². The summed E-state index contributed by atoms with van der Waals surface area (Å²) >= 11 is 0. The molecule has 96 valence electrons. The summed E-state index contributed by atoms with van der Waals surface area (Å²) in [6, 6.07) is 1.93. The highest BCUT2D eigenvalue weighted by atomic mass is 16.1. The molecule has 1 N–H and O–H groups in total. The number of nitrogens with zero attached hydrogens (tertiary/aromatic N) is 2. The van der Waals surface area contributed by atoms with Crippen LogP contribution in [0.15, 0.2) is 10.9 Å². The second kappa shape index (κ2) is 6.55. The zero-order valence-corrected chi connectivity index (χ0v) is 11.3. The number of nitrogens with one attached hydrogen (secondary N) is 1. The largest absolute Gasteiger partial charge is 0.313 e. The maximum absolute atomic E-state index is 12.1. The van der Waals surface area contributed by atoms with Crippen LogP contribution in [0.25, 0.3) is 0 Å². The average Bonchev–Trinajstić information content (AvgIpc) is 2.30. The topological polar surface area (TPSA) is 46.9 Å². The van der Waals surface area contributed by atoms with Crippen molar-refractivity contribution in [2.45, 2.75) is 53.1 Å². The van der Waals surface area contributed by atoms with Crippen molar-refractivity contribution >= 4 is 0 Å². The van der Waals surface area contributed by atoms with E-state index < -0.39 is 0 Å². The number of aromatic nitrogens is 2. The van der Waals surface area contributed by atoms with E-state index in [1.807, 2.05) is 13.0 Å². The first-order chi connectivity index (χ1) is 8.10. The highest BCUT2D eigenvalue weighted by molar-refractivity contribution is 5.16. The Morgan fingerprint density at radius 1 is 1.41 bits per heavy atom. The quantitative estimate of drug-likeness (QED) is 0.822. The summed E-state index contributed by atoms with van der Waals surface area (Å²) in [4.78, 5) is 12.1. The molecule has 0 amide bonds. The van der Waals surface area contributed by atoms with Crippen molar-refractivity contribution in [1.29, 1.82) is 0 Å². The van der Waals surface area contributed by atoms with Crippen LogP contribution in [0.1, 0.15) is 51.3 Å². The first-order valence-corrected chi connectivity index (χ1v) is 6.41. The van der Waals surface area contributed by atoms with Crippen LogP contribution in [0, 0.1) is 0 Å². The molecule has 0 saturated carbocycles. The second-order valence-corrected chi connectivity index (χ2v) is 4.56. The highest BCUT2D eigenvalue weighted by Gasteiger charge is 2.09. The molecule has 17 heavy (non-hydrogen) atoms. The van der Waals surface area contributed by atoms with Gasteiger partial charge in [-0.15, -0.1) is 0 Å². The molecule has 1 rings (SSSR count). The summed E-state index contributed by atoms with van der Waals surface area (Å²) in [7, 11) is 0. The third-order valence-electron chi connectivity index (χ3n) is 2.66. The molecule has 0 aliphatic rings. The van der Waals surface area contributed by atoms with Gasteiger partial charge in [0.2, 0.25) is 0 Å². The summed E-state index contributed by atoms with van der Waals surface area (Å²) in [6.07, 6.45) is 0.926. The Bertz CT molecular complexity index is 410. The highest BCUT2D eigenvalue weighted by Crippen LogP contribution is 2.10. The smallest absolute Gasteiger partial charge is 0.271 e. The molecule has 0 fully saturated rings. The van der Waals surface area contributed by atoms with Gasteiger partial charge in [-0.1, -0.05) is 27.7 Å². The van der Waals surface area contributed by atoms with Crippen LogP contribution < -0.4 is 10.9 Å². The van der Waals surface area contributed by atoms with Crippen molar-refractivity contribution in [3.8, 4) is 0 Å². The molecule has 0 aliphatic heterocycles. The van der Waals surface area contributed by atoms with E-state index in [9.17, 15) is 4.79 Å². The summed E-state index contributed by atoms with van der Waals surface area (Å²) < 4.78 is 1.60. The summed E-state index contributed by atoms with van der Waals surface area (Å²) in [5, 5.41) is 7.61. The van der Waals surface area contributed by atoms with Gasteiger partial charge in [0.15, 0.2) is 0 Å². The van der Waals surface area contributed by atoms with Gasteiger partial charge in [-0.25, -0.2) is 4.68 Å². The molecule has 0 atom stereocenters. The lowest BCUT2D eigenvalue weighted by atomic mass is 10.1. The van der Waals surface area contributed by atoms with Gasteiger partial charge in [-0.3, -0.25) is 4.79 Å². The molecule has 1 aromatic heterocycles. The molecular weight excluding hydrogens is 214 g/mol. The van der Waals surface area contributed by atoms with Crippen LogP contribution in [0.3, 0.4) is 0 Å². The third-order valence-corrected chi connectivity index (χ3v) is 2.66. The molecule has 0 spiro atoms. The maximum Gasteiger partial charge on any atom is 0.271 e. The van der Waals surface area contributed by atoms with Crippen molar-refractivity contribution in [3.05, 3.63) is 27.7 Å². The molecule has 1 heterocycles. The van der Waals surface area contributed by atoms with Crippen molar-refractivity contribution in [2.24, 2.45) is 0 Å². The minimum Gasteiger partial charge on any atom is -0.313 e. The van der Waals surface area contributed by atoms with Crippen molar-refractivity contribution in [2.75, 3.05) is 6.54 Å². The predicted octanol–water partition coefficient (Wildman–Crippen LogP) is 1.89. The molecule has 4 heteroatoms. The monoisotopic (exact) mass is 237 g/mol. The van der Waals surface area contributed by atoms with Gasteiger partial charge in [-0.2, -0.15) is 5.10 Å². The molecule has 0 unspecified atom stereocenters. The number of hydrogen-bond donors (Lipinski definition) is 1. The number of hydrogen-bond acceptors (Lipinski definition) is 3. The van der Waals surface area contributed by atoms with Crippen molar-refractivity contribution in [1.82, 2.24) is 15.1 Å². The Morgan fingerprint density at radius 3 is 2.65 bits per heavy atom. The van der Waals surface area contributed by atoms with Crippen LogP contribution in [0.5, 0.6) is 0 Å². The van der Waals surface area contributed by atoms with E-state index >= 15 is 0 Å². The van der Waals surface area contributed by atoms with Crippen LogP contribution >= 0.6 is 0 Å². The molecule has 0 aromatic carbocycles. The van der Waals surface area contributed by atoms with Crippen LogP contribution in [0.4, 0.5) is 0 Å². The van der Waals surface area contributed by atoms with Gasteiger partial charge < -0.3 is 5.32 Å². The van der Waals surface area contributed by atoms with Gasteiger partial charge >= 0.3 is 0 Å². The lowest BCUT2D eigenvalue weighted by Crippen LogP contribution is -2.30. The lowest BCUT2D eigenvalue weighted by Gasteiger charge is -2.12. The summed E-state index contributed by atoms with van der Waals surface area (Å²) in [6.45, 7) is 10.5. The SMILES string of the molecule is CCCn1nc(C(C)C)cc(CNCC)c1=O. The van der Waals surface area contributed by atoms with E-state index in [4.69, 9.17) is 0 Å². The average molecular weight is 237 g/mol. The predicted molar refractivity (Wildman–Crippen MR) is 70.3 cm³/mol. The minimum atomic E-state index is 0.0391. The maximum atomic E-state index is 12.1. The summed E-state index contributed by atoms with van der Waals surface area (Å²) in [5.74, 6) is 0.346. The van der Waals surface area contributed by atoms with E-state index in [2.05, 4.69) is 31.2 Å². The first kappa shape index (κ1) is 13.9. The van der Waals surface area contributed by atoms with E-state index in [-0.39, 0.29) is 5.56 Å². The first-order valence-electron chi connectivity index (χ1n) is 6.41. The summed E-state index contributed by atoms with van der Waals surface area (Å²) in [5.41, 5.74) is 1.85. The zero-order chi connectivity index (χ0) is 12.8. The molecule has 0 radical (unpaired) electrons. The van der Waals surface area contributed by atoms with Gasteiger partial charge in [0.25, 0.3) is 5.56 Å². The Morgan fingerprint density at radius 2 is 2.12 bits per heavy atom. The van der Waals surface area contributed by atoms with E-state index in [0.717, 1.165) is 24.2 Å². The van der Waals surface area contributed by atoms with E-state index in [0.29, 0.717) is 19.0 Å². The fourth-order valence-electron chi connectivity index (χ4n) is 1.65. The van der Waals surface area contributed by atoms with Gasteiger partial charge in [0.05, 0.1) is 5.69 Å². The lowest BCUT2D eigenvalue weighted by molar-refractivity contribution is 0.536. The Hall–Kier alpha value is -1.16. The molecular formula is C13H23N3O. The molecule has 0 bridgehead atoms. The van der Waals surface area contributed by atoms with E-state index in [1.165, 1.54) is 0 Å². The standard InChI is InChI=1S/C13H23N3O/c1-5-7-16-13(17)11(9-14-6-2)8-12(15-16)10(3)4/h8,10,14H,5-7,9H2,1-4H3. The van der Waals surface area contributed by atoms with Crippen LogP contribution in [-0.4, -0.2) is 16.3 Å². The number of rotatable bonds is 6. The van der Waals surface area contributed by atoms with Gasteiger partial charge in [0.1, 0.15) is 0 Å². The fourth-order valence-corrected chi connectivity index (χ4v) is 1.65. The molecule has 4 nitrogen and oxygen atoms in total. The normalized spacial score (nSPS) is 11.1. The molecule has 0 saturated heterocycles. The minimum absolute atomic E-state index is 0.0391. The van der Waals surface area contributed by atoms with Gasteiger partial charge in [0, 0.05) is 18.7 Å².